The van der Waals surface area contributed by atoms with E-state index in [4.69, 9.17) is 4.84 Å². The topological polar surface area (TPSA) is 50.8 Å². The summed E-state index contributed by atoms with van der Waals surface area (Å²) in [6.07, 6.45) is 1.68. The van der Waals surface area contributed by atoms with Crippen LogP contribution in [-0.2, 0) is 11.4 Å². The van der Waals surface area contributed by atoms with Crippen LogP contribution in [0.2, 0.25) is 0 Å². The number of urea groups is 1. The Morgan fingerprint density at radius 2 is 2.24 bits per heavy atom. The first kappa shape index (κ1) is 15.4. The molecular formula is C13H15F3N2O3. The van der Waals surface area contributed by atoms with Crippen molar-refractivity contribution in [1.29, 1.82) is 0 Å². The number of hydrogen-bond acceptors (Lipinski definition) is 3. The van der Waals surface area contributed by atoms with Gasteiger partial charge in [-0.3, -0.25) is 4.84 Å². The first-order valence-electron chi connectivity index (χ1n) is 6.48. The lowest BCUT2D eigenvalue weighted by molar-refractivity contribution is -0.139. The third kappa shape index (κ3) is 4.25. The molecule has 2 rings (SSSR count). The Morgan fingerprint density at radius 3 is 2.90 bits per heavy atom. The highest BCUT2D eigenvalue weighted by atomic mass is 19.3. The number of halogens is 3. The van der Waals surface area contributed by atoms with E-state index < -0.39 is 18.5 Å². The summed E-state index contributed by atoms with van der Waals surface area (Å²) in [5.74, 6) is -1.03. The standard InChI is InChI=1S/C13H15F3N2O3/c14-10-4-3-5-11(21-12(15)16)9(10)8-17-13(19)18-6-1-2-7-20-18/h3-5,12H,1-2,6-8H2,(H,17,19). The molecule has 0 aromatic heterocycles. The molecule has 116 valence electrons. The molecule has 21 heavy (non-hydrogen) atoms. The van der Waals surface area contributed by atoms with Crippen molar-refractivity contribution < 1.29 is 27.5 Å². The van der Waals surface area contributed by atoms with Crippen molar-refractivity contribution in [2.45, 2.75) is 26.0 Å². The van der Waals surface area contributed by atoms with E-state index in [2.05, 4.69) is 10.1 Å². The lowest BCUT2D eigenvalue weighted by Crippen LogP contribution is -2.42. The highest BCUT2D eigenvalue weighted by molar-refractivity contribution is 5.73. The molecule has 0 unspecified atom stereocenters. The van der Waals surface area contributed by atoms with Gasteiger partial charge in [0.05, 0.1) is 19.7 Å². The van der Waals surface area contributed by atoms with Gasteiger partial charge in [0.25, 0.3) is 0 Å². The van der Waals surface area contributed by atoms with Gasteiger partial charge in [-0.05, 0) is 25.0 Å². The molecular weight excluding hydrogens is 289 g/mol. The summed E-state index contributed by atoms with van der Waals surface area (Å²) in [5.41, 5.74) is -0.136. The predicted molar refractivity (Wildman–Crippen MR) is 67.2 cm³/mol. The molecule has 1 heterocycles. The molecule has 0 aliphatic carbocycles. The van der Waals surface area contributed by atoms with Gasteiger partial charge in [-0.25, -0.2) is 14.2 Å². The number of carbonyl (C=O) groups is 1. The second-order valence-corrected chi connectivity index (χ2v) is 4.40. The summed E-state index contributed by atoms with van der Waals surface area (Å²) in [5, 5.41) is 3.56. The molecule has 0 spiro atoms. The predicted octanol–water partition coefficient (Wildman–Crippen LogP) is 2.66. The fraction of sp³-hybridized carbons (Fsp3) is 0.462. The van der Waals surface area contributed by atoms with Crippen molar-refractivity contribution in [2.24, 2.45) is 0 Å². The molecule has 1 aliphatic heterocycles. The van der Waals surface area contributed by atoms with Crippen molar-refractivity contribution in [3.05, 3.63) is 29.6 Å². The van der Waals surface area contributed by atoms with E-state index >= 15 is 0 Å². The molecule has 5 nitrogen and oxygen atoms in total. The van der Waals surface area contributed by atoms with Crippen LogP contribution in [0, 0.1) is 5.82 Å². The number of hydroxylamine groups is 2. The minimum Gasteiger partial charge on any atom is -0.434 e. The van der Waals surface area contributed by atoms with Gasteiger partial charge in [-0.2, -0.15) is 8.78 Å². The monoisotopic (exact) mass is 304 g/mol. The van der Waals surface area contributed by atoms with Gasteiger partial charge in [-0.1, -0.05) is 6.07 Å². The molecule has 1 aromatic rings. The molecule has 0 bridgehead atoms. The van der Waals surface area contributed by atoms with Gasteiger partial charge in [0.1, 0.15) is 11.6 Å². The maximum absolute atomic E-state index is 13.7. The minimum atomic E-state index is -3.06. The van der Waals surface area contributed by atoms with E-state index in [9.17, 15) is 18.0 Å². The van der Waals surface area contributed by atoms with Crippen molar-refractivity contribution in [1.82, 2.24) is 10.4 Å². The normalized spacial score (nSPS) is 15.1. The number of alkyl halides is 2. The van der Waals surface area contributed by atoms with Crippen LogP contribution in [0.1, 0.15) is 18.4 Å². The quantitative estimate of drug-likeness (QED) is 0.930. The summed E-state index contributed by atoms with van der Waals surface area (Å²) in [6.45, 7) is -2.46. The first-order valence-corrected chi connectivity index (χ1v) is 6.48. The average molecular weight is 304 g/mol. The van der Waals surface area contributed by atoms with Gasteiger partial charge in [0.2, 0.25) is 0 Å². The Labute approximate surface area is 119 Å². The smallest absolute Gasteiger partial charge is 0.387 e. The molecule has 0 saturated carbocycles. The number of nitrogens with one attached hydrogen (secondary N) is 1. The number of ether oxygens (including phenoxy) is 1. The summed E-state index contributed by atoms with van der Waals surface area (Å²) in [7, 11) is 0. The van der Waals surface area contributed by atoms with Crippen LogP contribution in [0.3, 0.4) is 0 Å². The highest BCUT2D eigenvalue weighted by Crippen LogP contribution is 2.23. The number of benzene rings is 1. The number of hydrogen-bond donors (Lipinski definition) is 1. The van der Waals surface area contributed by atoms with Gasteiger partial charge in [0.15, 0.2) is 0 Å². The third-order valence-electron chi connectivity index (χ3n) is 2.94. The number of carbonyl (C=O) groups excluding carboxylic acids is 1. The molecule has 1 aliphatic rings. The van der Waals surface area contributed by atoms with Gasteiger partial charge < -0.3 is 10.1 Å². The second-order valence-electron chi connectivity index (χ2n) is 4.40. The lowest BCUT2D eigenvalue weighted by atomic mass is 10.2. The van der Waals surface area contributed by atoms with Crippen LogP contribution in [0.25, 0.3) is 0 Å². The van der Waals surface area contributed by atoms with Crippen LogP contribution in [-0.4, -0.2) is 30.9 Å². The van der Waals surface area contributed by atoms with Gasteiger partial charge in [-0.15, -0.1) is 0 Å². The van der Waals surface area contributed by atoms with Crippen LogP contribution in [0.5, 0.6) is 5.75 Å². The van der Waals surface area contributed by atoms with Crippen molar-refractivity contribution >= 4 is 6.03 Å². The molecule has 1 N–H and O–H groups in total. The molecule has 1 saturated heterocycles. The van der Waals surface area contributed by atoms with Crippen LogP contribution >= 0.6 is 0 Å². The van der Waals surface area contributed by atoms with E-state index in [1.165, 1.54) is 12.1 Å². The van der Waals surface area contributed by atoms with E-state index in [1.54, 1.807) is 0 Å². The zero-order valence-electron chi connectivity index (χ0n) is 11.2. The Balaban J connectivity index is 2.00. The molecule has 1 aromatic carbocycles. The number of nitrogens with zero attached hydrogens (tertiary/aromatic N) is 1. The molecule has 2 amide bonds. The Bertz CT molecular complexity index is 494. The van der Waals surface area contributed by atoms with Crippen molar-refractivity contribution in [2.75, 3.05) is 13.2 Å². The zero-order chi connectivity index (χ0) is 15.2. The Kier molecular flexibility index (Phi) is 5.26. The zero-order valence-corrected chi connectivity index (χ0v) is 11.2. The van der Waals surface area contributed by atoms with Crippen LogP contribution in [0.4, 0.5) is 18.0 Å². The largest absolute Gasteiger partial charge is 0.434 e. The minimum absolute atomic E-state index is 0.136. The summed E-state index contributed by atoms with van der Waals surface area (Å²) in [6, 6.07) is 3.04. The first-order chi connectivity index (χ1) is 10.1. The molecule has 0 atom stereocenters. The maximum atomic E-state index is 13.7. The maximum Gasteiger partial charge on any atom is 0.387 e. The Morgan fingerprint density at radius 1 is 1.43 bits per heavy atom. The SMILES string of the molecule is O=C(NCc1c(F)cccc1OC(F)F)N1CCCCO1. The summed E-state index contributed by atoms with van der Waals surface area (Å²) >= 11 is 0. The average Bonchev–Trinajstić information content (AvgIpc) is 2.46. The van der Waals surface area contributed by atoms with Crippen LogP contribution in [0.15, 0.2) is 18.2 Å². The number of amides is 2. The van der Waals surface area contributed by atoms with E-state index in [-0.39, 0.29) is 17.9 Å². The lowest BCUT2D eigenvalue weighted by Gasteiger charge is -2.26. The third-order valence-corrected chi connectivity index (χ3v) is 2.94. The number of rotatable bonds is 4. The van der Waals surface area contributed by atoms with Crippen molar-refractivity contribution in [3.63, 3.8) is 0 Å². The summed E-state index contributed by atoms with van der Waals surface area (Å²) < 4.78 is 42.4. The van der Waals surface area contributed by atoms with Crippen LogP contribution < -0.4 is 10.1 Å². The summed E-state index contributed by atoms with van der Waals surface area (Å²) in [4.78, 5) is 16.9. The highest BCUT2D eigenvalue weighted by Gasteiger charge is 2.19. The van der Waals surface area contributed by atoms with Gasteiger partial charge >= 0.3 is 12.6 Å². The second kappa shape index (κ2) is 7.16. The molecule has 8 heteroatoms. The molecule has 0 radical (unpaired) electrons. The van der Waals surface area contributed by atoms with Crippen molar-refractivity contribution in [3.8, 4) is 5.75 Å². The van der Waals surface area contributed by atoms with E-state index in [0.29, 0.717) is 13.2 Å². The fourth-order valence-corrected chi connectivity index (χ4v) is 1.93. The fourth-order valence-electron chi connectivity index (χ4n) is 1.93. The Hall–Kier alpha value is -1.96. The van der Waals surface area contributed by atoms with E-state index in [1.807, 2.05) is 0 Å². The van der Waals surface area contributed by atoms with E-state index in [0.717, 1.165) is 24.0 Å². The molecule has 1 fully saturated rings. The van der Waals surface area contributed by atoms with Gasteiger partial charge in [0, 0.05) is 5.56 Å².